The molecule has 2 heterocycles. The summed E-state index contributed by atoms with van der Waals surface area (Å²) in [6.07, 6.45) is 3.18. The number of nitrogens with one attached hydrogen (secondary N) is 1. The minimum atomic E-state index is 0.551. The summed E-state index contributed by atoms with van der Waals surface area (Å²) in [7, 11) is 0. The van der Waals surface area contributed by atoms with Crippen molar-refractivity contribution in [2.45, 2.75) is 65.6 Å². The molecule has 0 aromatic carbocycles. The van der Waals surface area contributed by atoms with Crippen LogP contribution < -0.4 is 5.32 Å². The highest BCUT2D eigenvalue weighted by atomic mass is 16.5. The van der Waals surface area contributed by atoms with E-state index in [2.05, 4.69) is 48.1 Å². The highest BCUT2D eigenvalue weighted by molar-refractivity contribution is 4.92. The molecule has 5 nitrogen and oxygen atoms in total. The van der Waals surface area contributed by atoms with Gasteiger partial charge in [0.05, 0.1) is 6.54 Å². The minimum absolute atomic E-state index is 0.551. The van der Waals surface area contributed by atoms with Crippen LogP contribution in [0.15, 0.2) is 4.52 Å². The highest BCUT2D eigenvalue weighted by Crippen LogP contribution is 2.15. The van der Waals surface area contributed by atoms with Gasteiger partial charge in [-0.3, -0.25) is 4.90 Å². The lowest BCUT2D eigenvalue weighted by molar-refractivity contribution is 0.113. The molecule has 2 rings (SSSR count). The van der Waals surface area contributed by atoms with Gasteiger partial charge in [0.1, 0.15) is 0 Å². The third-order valence-corrected chi connectivity index (χ3v) is 4.02. The van der Waals surface area contributed by atoms with Crippen molar-refractivity contribution >= 4 is 0 Å². The van der Waals surface area contributed by atoms with Gasteiger partial charge in [-0.2, -0.15) is 4.98 Å². The summed E-state index contributed by atoms with van der Waals surface area (Å²) in [6.45, 7) is 11.7. The first kappa shape index (κ1) is 15.4. The summed E-state index contributed by atoms with van der Waals surface area (Å²) >= 11 is 0. The number of hydrogen-bond acceptors (Lipinski definition) is 5. The zero-order valence-electron chi connectivity index (χ0n) is 13.2. The van der Waals surface area contributed by atoms with Crippen molar-refractivity contribution in [3.63, 3.8) is 0 Å². The van der Waals surface area contributed by atoms with Gasteiger partial charge in [-0.15, -0.1) is 0 Å². The van der Waals surface area contributed by atoms with E-state index in [0.29, 0.717) is 18.0 Å². The van der Waals surface area contributed by atoms with Gasteiger partial charge < -0.3 is 9.84 Å². The van der Waals surface area contributed by atoms with Crippen LogP contribution in [0.25, 0.3) is 0 Å². The van der Waals surface area contributed by atoms with Crippen molar-refractivity contribution in [2.75, 3.05) is 13.1 Å². The third kappa shape index (κ3) is 4.03. The smallest absolute Gasteiger partial charge is 0.226 e. The molecule has 0 amide bonds. The Morgan fingerprint density at radius 2 is 2.15 bits per heavy atom. The summed E-state index contributed by atoms with van der Waals surface area (Å²) in [4.78, 5) is 7.02. The Morgan fingerprint density at radius 1 is 1.35 bits per heavy atom. The molecule has 1 saturated heterocycles. The average molecular weight is 280 g/mol. The molecule has 20 heavy (non-hydrogen) atoms. The zero-order valence-corrected chi connectivity index (χ0v) is 13.2. The van der Waals surface area contributed by atoms with Crippen LogP contribution in [0.5, 0.6) is 0 Å². The fraction of sp³-hybridized carbons (Fsp3) is 0.867. The van der Waals surface area contributed by atoms with Crippen molar-refractivity contribution in [2.24, 2.45) is 5.92 Å². The lowest BCUT2D eigenvalue weighted by Crippen LogP contribution is -2.55. The maximum Gasteiger partial charge on any atom is 0.226 e. The second kappa shape index (κ2) is 7.18. The van der Waals surface area contributed by atoms with Crippen LogP contribution in [0.4, 0.5) is 0 Å². The lowest BCUT2D eigenvalue weighted by atomic mass is 10.1. The van der Waals surface area contributed by atoms with Gasteiger partial charge in [-0.1, -0.05) is 32.9 Å². The van der Waals surface area contributed by atoms with E-state index in [9.17, 15) is 0 Å². The van der Waals surface area contributed by atoms with Crippen LogP contribution in [0.3, 0.4) is 0 Å². The van der Waals surface area contributed by atoms with Crippen molar-refractivity contribution < 1.29 is 4.52 Å². The number of rotatable bonds is 6. The lowest BCUT2D eigenvalue weighted by Gasteiger charge is -2.39. The molecule has 1 aromatic heterocycles. The van der Waals surface area contributed by atoms with E-state index < -0.39 is 0 Å². The molecule has 2 unspecified atom stereocenters. The first-order valence-electron chi connectivity index (χ1n) is 7.91. The largest absolute Gasteiger partial charge is 0.339 e. The Morgan fingerprint density at radius 3 is 2.80 bits per heavy atom. The summed E-state index contributed by atoms with van der Waals surface area (Å²) in [6, 6.07) is 1.16. The molecule has 2 atom stereocenters. The molecule has 0 radical (unpaired) electrons. The summed E-state index contributed by atoms with van der Waals surface area (Å²) in [5, 5.41) is 7.75. The van der Waals surface area contributed by atoms with Crippen LogP contribution in [0.1, 0.15) is 52.3 Å². The van der Waals surface area contributed by atoms with E-state index >= 15 is 0 Å². The molecule has 114 valence electrons. The molecule has 0 bridgehead atoms. The maximum atomic E-state index is 5.34. The van der Waals surface area contributed by atoms with Crippen LogP contribution in [0, 0.1) is 5.92 Å². The number of hydrogen-bond donors (Lipinski definition) is 1. The molecule has 0 saturated carbocycles. The van der Waals surface area contributed by atoms with Gasteiger partial charge in [0.2, 0.25) is 5.89 Å². The van der Waals surface area contributed by atoms with E-state index in [0.717, 1.165) is 50.6 Å². The Balaban J connectivity index is 1.97. The van der Waals surface area contributed by atoms with Gasteiger partial charge in [0, 0.05) is 31.6 Å². The number of piperazine rings is 1. The van der Waals surface area contributed by atoms with Gasteiger partial charge in [0.15, 0.2) is 5.82 Å². The van der Waals surface area contributed by atoms with E-state index in [-0.39, 0.29) is 0 Å². The number of aromatic nitrogens is 2. The molecule has 1 N–H and O–H groups in total. The van der Waals surface area contributed by atoms with Crippen molar-refractivity contribution in [3.8, 4) is 0 Å². The molecule has 0 spiro atoms. The molecular weight excluding hydrogens is 252 g/mol. The van der Waals surface area contributed by atoms with Crippen LogP contribution in [-0.2, 0) is 13.0 Å². The van der Waals surface area contributed by atoms with E-state index in [4.69, 9.17) is 4.52 Å². The standard InChI is InChI=1S/C15H28N4O/c1-5-12-9-19(13(6-2)8-16-12)10-14-17-15(20-18-14)7-11(3)4/h11-13,16H,5-10H2,1-4H3. The molecule has 1 fully saturated rings. The molecule has 1 aromatic rings. The minimum Gasteiger partial charge on any atom is -0.339 e. The second-order valence-electron chi connectivity index (χ2n) is 6.21. The van der Waals surface area contributed by atoms with Crippen molar-refractivity contribution in [3.05, 3.63) is 11.7 Å². The Kier molecular flexibility index (Phi) is 5.54. The molecule has 1 aliphatic heterocycles. The predicted octanol–water partition coefficient (Wildman–Crippen LogP) is 2.23. The summed E-state index contributed by atoms with van der Waals surface area (Å²) in [5.74, 6) is 2.15. The topological polar surface area (TPSA) is 54.2 Å². The Bertz CT molecular complexity index is 404. The van der Waals surface area contributed by atoms with Crippen LogP contribution in [-0.4, -0.2) is 40.2 Å². The fourth-order valence-electron chi connectivity index (χ4n) is 2.77. The van der Waals surface area contributed by atoms with E-state index in [1.165, 1.54) is 0 Å². The zero-order chi connectivity index (χ0) is 14.5. The van der Waals surface area contributed by atoms with Crippen LogP contribution in [0.2, 0.25) is 0 Å². The Hall–Kier alpha value is -0.940. The maximum absolute atomic E-state index is 5.34. The first-order valence-corrected chi connectivity index (χ1v) is 7.91. The van der Waals surface area contributed by atoms with Crippen LogP contribution >= 0.6 is 0 Å². The van der Waals surface area contributed by atoms with Gasteiger partial charge >= 0.3 is 0 Å². The molecular formula is C15H28N4O. The normalized spacial score (nSPS) is 24.4. The quantitative estimate of drug-likeness (QED) is 0.866. The monoisotopic (exact) mass is 280 g/mol. The molecule has 0 aliphatic carbocycles. The average Bonchev–Trinajstić information content (AvgIpc) is 2.85. The summed E-state index contributed by atoms with van der Waals surface area (Å²) in [5.41, 5.74) is 0. The Labute approximate surface area is 122 Å². The predicted molar refractivity (Wildman–Crippen MR) is 79.4 cm³/mol. The van der Waals surface area contributed by atoms with E-state index in [1.54, 1.807) is 0 Å². The van der Waals surface area contributed by atoms with Gasteiger partial charge in [0.25, 0.3) is 0 Å². The van der Waals surface area contributed by atoms with Gasteiger partial charge in [-0.05, 0) is 18.8 Å². The second-order valence-corrected chi connectivity index (χ2v) is 6.21. The third-order valence-electron chi connectivity index (χ3n) is 4.02. The fourth-order valence-corrected chi connectivity index (χ4v) is 2.77. The van der Waals surface area contributed by atoms with E-state index in [1.807, 2.05) is 0 Å². The first-order chi connectivity index (χ1) is 9.62. The SMILES string of the molecule is CCC1CN(Cc2noc(CC(C)C)n2)C(CC)CN1. The summed E-state index contributed by atoms with van der Waals surface area (Å²) < 4.78 is 5.34. The van der Waals surface area contributed by atoms with Crippen molar-refractivity contribution in [1.29, 1.82) is 0 Å². The highest BCUT2D eigenvalue weighted by Gasteiger charge is 2.27. The molecule has 5 heteroatoms. The van der Waals surface area contributed by atoms with Gasteiger partial charge in [-0.25, -0.2) is 0 Å². The number of nitrogens with zero attached hydrogens (tertiary/aromatic N) is 3. The molecule has 1 aliphatic rings. The van der Waals surface area contributed by atoms with Crippen molar-refractivity contribution in [1.82, 2.24) is 20.4 Å².